The van der Waals surface area contributed by atoms with Gasteiger partial charge in [-0.25, -0.2) is 0 Å². The van der Waals surface area contributed by atoms with E-state index in [1.165, 1.54) is 17.3 Å². The molecule has 0 unspecified atom stereocenters. The van der Waals surface area contributed by atoms with Gasteiger partial charge in [-0.3, -0.25) is 9.69 Å². The van der Waals surface area contributed by atoms with Gasteiger partial charge < -0.3 is 4.74 Å². The van der Waals surface area contributed by atoms with Gasteiger partial charge in [-0.05, 0) is 61.2 Å². The molecule has 1 saturated heterocycles. The number of amides is 1. The number of thiophene rings is 1. The van der Waals surface area contributed by atoms with E-state index in [1.54, 1.807) is 16.2 Å². The van der Waals surface area contributed by atoms with Gasteiger partial charge in [-0.1, -0.05) is 24.0 Å². The summed E-state index contributed by atoms with van der Waals surface area (Å²) in [5.41, 5.74) is 1.93. The zero-order chi connectivity index (χ0) is 16.4. The molecule has 0 bridgehead atoms. The predicted molar refractivity (Wildman–Crippen MR) is 102 cm³/mol. The highest BCUT2D eigenvalue weighted by molar-refractivity contribution is 8.27. The lowest BCUT2D eigenvalue weighted by Crippen LogP contribution is -2.27. The maximum atomic E-state index is 12.7. The molecule has 0 spiro atoms. The fourth-order valence-electron chi connectivity index (χ4n) is 2.20. The van der Waals surface area contributed by atoms with E-state index in [0.29, 0.717) is 15.8 Å². The standard InChI is InChI=1S/C17H15NO2S3/c1-3-20-13-6-4-12(5-7-13)18-16(19)15(23-17(18)21)10-14-11(2)8-9-22-14/h4-10H,3H2,1-2H3/b15-10-. The lowest BCUT2D eigenvalue weighted by Gasteiger charge is -2.15. The summed E-state index contributed by atoms with van der Waals surface area (Å²) < 4.78 is 5.99. The Balaban J connectivity index is 1.87. The molecule has 0 saturated carbocycles. The smallest absolute Gasteiger partial charge is 0.270 e. The molecule has 3 nitrogen and oxygen atoms in total. The number of ether oxygens (including phenoxy) is 1. The molecule has 6 heteroatoms. The minimum Gasteiger partial charge on any atom is -0.494 e. The first-order valence-electron chi connectivity index (χ1n) is 7.15. The predicted octanol–water partition coefficient (Wildman–Crippen LogP) is 4.86. The lowest BCUT2D eigenvalue weighted by molar-refractivity contribution is -0.113. The first-order valence-corrected chi connectivity index (χ1v) is 9.25. The molecule has 1 aromatic carbocycles. The highest BCUT2D eigenvalue weighted by Gasteiger charge is 2.33. The van der Waals surface area contributed by atoms with Gasteiger partial charge in [0.25, 0.3) is 5.91 Å². The minimum atomic E-state index is -0.0723. The third-order valence-electron chi connectivity index (χ3n) is 3.36. The third kappa shape index (κ3) is 3.34. The quantitative estimate of drug-likeness (QED) is 0.574. The van der Waals surface area contributed by atoms with E-state index in [1.807, 2.05) is 55.6 Å². The van der Waals surface area contributed by atoms with Crippen molar-refractivity contribution in [2.45, 2.75) is 13.8 Å². The average molecular weight is 362 g/mol. The van der Waals surface area contributed by atoms with Crippen molar-refractivity contribution in [2.24, 2.45) is 0 Å². The number of thiocarbonyl (C=S) groups is 1. The van der Waals surface area contributed by atoms with Crippen LogP contribution in [0.15, 0.2) is 40.6 Å². The summed E-state index contributed by atoms with van der Waals surface area (Å²) >= 11 is 8.35. The van der Waals surface area contributed by atoms with Gasteiger partial charge in [-0.15, -0.1) is 11.3 Å². The van der Waals surface area contributed by atoms with Crippen molar-refractivity contribution in [3.8, 4) is 5.75 Å². The van der Waals surface area contributed by atoms with Gasteiger partial charge in [0.2, 0.25) is 0 Å². The fourth-order valence-corrected chi connectivity index (χ4v) is 4.41. The summed E-state index contributed by atoms with van der Waals surface area (Å²) in [4.78, 5) is 16.0. The van der Waals surface area contributed by atoms with Crippen LogP contribution in [0.1, 0.15) is 17.4 Å². The van der Waals surface area contributed by atoms with Crippen LogP contribution in [0.2, 0.25) is 0 Å². The van der Waals surface area contributed by atoms with Gasteiger partial charge in [0, 0.05) is 4.88 Å². The number of benzene rings is 1. The Morgan fingerprint density at radius 3 is 2.61 bits per heavy atom. The molecule has 0 N–H and O–H groups in total. The molecule has 23 heavy (non-hydrogen) atoms. The van der Waals surface area contributed by atoms with Gasteiger partial charge in [0.15, 0.2) is 4.32 Å². The molecule has 0 atom stereocenters. The van der Waals surface area contributed by atoms with Crippen LogP contribution in [-0.4, -0.2) is 16.8 Å². The number of anilines is 1. The van der Waals surface area contributed by atoms with Crippen LogP contribution >= 0.6 is 35.3 Å². The molecule has 1 aliphatic rings. The van der Waals surface area contributed by atoms with Crippen molar-refractivity contribution in [3.63, 3.8) is 0 Å². The molecule has 2 heterocycles. The van der Waals surface area contributed by atoms with Crippen LogP contribution in [0.3, 0.4) is 0 Å². The zero-order valence-electron chi connectivity index (χ0n) is 12.7. The maximum absolute atomic E-state index is 12.7. The number of carbonyl (C=O) groups excluding carboxylic acids is 1. The van der Waals surface area contributed by atoms with Crippen molar-refractivity contribution >= 4 is 57.3 Å². The summed E-state index contributed by atoms with van der Waals surface area (Å²) in [7, 11) is 0. The normalized spacial score (nSPS) is 16.4. The molecule has 3 rings (SSSR count). The molecular formula is C17H15NO2S3. The molecule has 1 fully saturated rings. The Morgan fingerprint density at radius 1 is 1.26 bits per heavy atom. The van der Waals surface area contributed by atoms with Crippen molar-refractivity contribution in [2.75, 3.05) is 11.5 Å². The lowest BCUT2D eigenvalue weighted by atomic mass is 10.2. The van der Waals surface area contributed by atoms with Crippen molar-refractivity contribution in [3.05, 3.63) is 51.1 Å². The van der Waals surface area contributed by atoms with Crippen molar-refractivity contribution in [1.29, 1.82) is 0 Å². The van der Waals surface area contributed by atoms with E-state index in [0.717, 1.165) is 16.3 Å². The minimum absolute atomic E-state index is 0.0723. The monoisotopic (exact) mass is 361 g/mol. The van der Waals surface area contributed by atoms with Crippen LogP contribution in [0, 0.1) is 6.92 Å². The first-order chi connectivity index (χ1) is 11.1. The van der Waals surface area contributed by atoms with Crippen LogP contribution in [0.4, 0.5) is 5.69 Å². The Labute approximate surface area is 149 Å². The Bertz CT molecular complexity index is 777. The van der Waals surface area contributed by atoms with Crippen LogP contribution in [-0.2, 0) is 4.79 Å². The van der Waals surface area contributed by atoms with Crippen LogP contribution < -0.4 is 9.64 Å². The highest BCUT2D eigenvalue weighted by atomic mass is 32.2. The van der Waals surface area contributed by atoms with Gasteiger partial charge in [-0.2, -0.15) is 0 Å². The zero-order valence-corrected chi connectivity index (χ0v) is 15.2. The Hall–Kier alpha value is -1.63. The number of aryl methyl sites for hydroxylation is 1. The molecule has 118 valence electrons. The summed E-state index contributed by atoms with van der Waals surface area (Å²) in [6.45, 7) is 4.59. The van der Waals surface area contributed by atoms with E-state index in [9.17, 15) is 4.79 Å². The number of thioether (sulfide) groups is 1. The van der Waals surface area contributed by atoms with Crippen LogP contribution in [0.25, 0.3) is 6.08 Å². The number of hydrogen-bond donors (Lipinski definition) is 0. The topological polar surface area (TPSA) is 29.5 Å². The number of carbonyl (C=O) groups is 1. The van der Waals surface area contributed by atoms with Gasteiger partial charge in [0.1, 0.15) is 5.75 Å². The van der Waals surface area contributed by atoms with Crippen molar-refractivity contribution < 1.29 is 9.53 Å². The molecule has 0 radical (unpaired) electrons. The Morgan fingerprint density at radius 2 is 2.00 bits per heavy atom. The molecule has 1 aliphatic heterocycles. The van der Waals surface area contributed by atoms with Gasteiger partial charge in [0.05, 0.1) is 17.2 Å². The van der Waals surface area contributed by atoms with E-state index >= 15 is 0 Å². The summed E-state index contributed by atoms with van der Waals surface area (Å²) in [5, 5.41) is 2.02. The second-order valence-corrected chi connectivity index (χ2v) is 7.54. The second kappa shape index (κ2) is 6.86. The fraction of sp³-hybridized carbons (Fsp3) is 0.176. The number of rotatable bonds is 4. The summed E-state index contributed by atoms with van der Waals surface area (Å²) in [6, 6.07) is 9.46. The highest BCUT2D eigenvalue weighted by Crippen LogP contribution is 2.37. The van der Waals surface area contributed by atoms with E-state index < -0.39 is 0 Å². The summed E-state index contributed by atoms with van der Waals surface area (Å²) in [6.07, 6.45) is 1.92. The maximum Gasteiger partial charge on any atom is 0.270 e. The van der Waals surface area contributed by atoms with E-state index in [4.69, 9.17) is 17.0 Å². The molecule has 0 aliphatic carbocycles. The number of nitrogens with zero attached hydrogens (tertiary/aromatic N) is 1. The molecule has 1 amide bonds. The summed E-state index contributed by atoms with van der Waals surface area (Å²) in [5.74, 6) is 0.711. The molecule has 1 aromatic heterocycles. The van der Waals surface area contributed by atoms with E-state index in [2.05, 4.69) is 0 Å². The number of hydrogen-bond acceptors (Lipinski definition) is 5. The van der Waals surface area contributed by atoms with Crippen LogP contribution in [0.5, 0.6) is 5.75 Å². The first kappa shape index (κ1) is 16.2. The van der Waals surface area contributed by atoms with Gasteiger partial charge >= 0.3 is 0 Å². The second-order valence-electron chi connectivity index (χ2n) is 4.91. The molecular weight excluding hydrogens is 346 g/mol. The largest absolute Gasteiger partial charge is 0.494 e. The average Bonchev–Trinajstić information content (AvgIpc) is 3.05. The Kier molecular flexibility index (Phi) is 4.84. The molecule has 2 aromatic rings. The van der Waals surface area contributed by atoms with Crippen molar-refractivity contribution in [1.82, 2.24) is 0 Å². The van der Waals surface area contributed by atoms with E-state index in [-0.39, 0.29) is 5.91 Å². The SMILES string of the molecule is CCOc1ccc(N2C(=O)/C(=C/c3sccc3C)SC2=S)cc1. The third-order valence-corrected chi connectivity index (χ3v) is 5.63.